The van der Waals surface area contributed by atoms with Crippen molar-refractivity contribution in [2.75, 3.05) is 18.0 Å². The number of aryl methyl sites for hydroxylation is 1. The Morgan fingerprint density at radius 2 is 1.93 bits per heavy atom. The molecule has 1 aromatic heterocycles. The summed E-state index contributed by atoms with van der Waals surface area (Å²) in [6.45, 7) is 3.56. The van der Waals surface area contributed by atoms with E-state index in [2.05, 4.69) is 10.3 Å². The predicted molar refractivity (Wildman–Crippen MR) is 110 cm³/mol. The van der Waals surface area contributed by atoms with E-state index in [0.717, 1.165) is 35.1 Å². The number of halogens is 1. The van der Waals surface area contributed by atoms with Gasteiger partial charge >= 0.3 is 0 Å². The maximum atomic E-state index is 13.6. The lowest BCUT2D eigenvalue weighted by Gasteiger charge is -2.33. The third-order valence-corrected chi connectivity index (χ3v) is 6.29. The Bertz CT molecular complexity index is 1130. The minimum Gasteiger partial charge on any atom is -0.350 e. The molecule has 142 valence electrons. The van der Waals surface area contributed by atoms with E-state index in [1.807, 2.05) is 37.3 Å². The number of carbonyl (C=O) groups excluding carboxylic acids is 2. The monoisotopic (exact) mass is 393 g/mol. The van der Waals surface area contributed by atoms with Crippen molar-refractivity contribution in [2.45, 2.75) is 25.2 Å². The lowest BCUT2D eigenvalue weighted by molar-refractivity contribution is -0.123. The van der Waals surface area contributed by atoms with Gasteiger partial charge in [-0.25, -0.2) is 4.90 Å². The first-order valence-corrected chi connectivity index (χ1v) is 9.87. The SMILES string of the molecule is Cc1cccc2c1C1(CCNCC1)C(=O)N2C(=O)c1cc2cc(Cl)ccc2[nH]1. The first-order chi connectivity index (χ1) is 13.5. The van der Waals surface area contributed by atoms with Crippen LogP contribution in [0.15, 0.2) is 42.5 Å². The normalized spacial score (nSPS) is 18.1. The number of aromatic nitrogens is 1. The average molecular weight is 394 g/mol. The molecule has 1 fully saturated rings. The molecule has 1 saturated heterocycles. The molecule has 0 aliphatic carbocycles. The summed E-state index contributed by atoms with van der Waals surface area (Å²) in [4.78, 5) is 31.6. The Kier molecular flexibility index (Phi) is 3.86. The number of aromatic amines is 1. The van der Waals surface area contributed by atoms with Crippen molar-refractivity contribution in [3.05, 3.63) is 64.3 Å². The number of rotatable bonds is 1. The summed E-state index contributed by atoms with van der Waals surface area (Å²) in [6, 6.07) is 13.0. The van der Waals surface area contributed by atoms with Gasteiger partial charge in [-0.1, -0.05) is 23.7 Å². The second-order valence-electron chi connectivity index (χ2n) is 7.66. The van der Waals surface area contributed by atoms with Gasteiger partial charge in [0.05, 0.1) is 11.1 Å². The molecule has 0 atom stereocenters. The van der Waals surface area contributed by atoms with Gasteiger partial charge in [0, 0.05) is 15.9 Å². The average Bonchev–Trinajstić information content (AvgIpc) is 3.21. The zero-order chi connectivity index (χ0) is 19.5. The van der Waals surface area contributed by atoms with Crippen molar-refractivity contribution >= 4 is 40.0 Å². The van der Waals surface area contributed by atoms with Crippen LogP contribution in [-0.4, -0.2) is 29.9 Å². The highest BCUT2D eigenvalue weighted by atomic mass is 35.5. The summed E-state index contributed by atoms with van der Waals surface area (Å²) < 4.78 is 0. The maximum Gasteiger partial charge on any atom is 0.281 e. The molecule has 1 spiro atoms. The largest absolute Gasteiger partial charge is 0.350 e. The highest BCUT2D eigenvalue weighted by Crippen LogP contribution is 2.49. The molecule has 2 amide bonds. The van der Waals surface area contributed by atoms with Crippen molar-refractivity contribution in [2.24, 2.45) is 0 Å². The Morgan fingerprint density at radius 1 is 1.14 bits per heavy atom. The number of fused-ring (bicyclic) bond motifs is 3. The van der Waals surface area contributed by atoms with Crippen LogP contribution in [-0.2, 0) is 10.2 Å². The smallest absolute Gasteiger partial charge is 0.281 e. The quantitative estimate of drug-likeness (QED) is 0.615. The summed E-state index contributed by atoms with van der Waals surface area (Å²) in [5, 5.41) is 4.79. The van der Waals surface area contributed by atoms with Crippen LogP contribution in [0.2, 0.25) is 5.02 Å². The zero-order valence-electron chi connectivity index (χ0n) is 15.5. The van der Waals surface area contributed by atoms with Crippen molar-refractivity contribution in [1.82, 2.24) is 10.3 Å². The van der Waals surface area contributed by atoms with Gasteiger partial charge in [0.1, 0.15) is 5.69 Å². The molecule has 0 unspecified atom stereocenters. The molecule has 28 heavy (non-hydrogen) atoms. The van der Waals surface area contributed by atoms with Gasteiger partial charge in [-0.3, -0.25) is 9.59 Å². The van der Waals surface area contributed by atoms with Crippen LogP contribution in [0.3, 0.4) is 0 Å². The van der Waals surface area contributed by atoms with Crippen molar-refractivity contribution < 1.29 is 9.59 Å². The molecule has 2 aliphatic rings. The first kappa shape index (κ1) is 17.5. The van der Waals surface area contributed by atoms with Crippen LogP contribution in [0.5, 0.6) is 0 Å². The van der Waals surface area contributed by atoms with Gasteiger partial charge in [-0.05, 0) is 74.3 Å². The van der Waals surface area contributed by atoms with Crippen LogP contribution in [0.4, 0.5) is 5.69 Å². The second-order valence-corrected chi connectivity index (χ2v) is 8.10. The number of hydrogen-bond acceptors (Lipinski definition) is 3. The minimum absolute atomic E-state index is 0.111. The fraction of sp³-hybridized carbons (Fsp3) is 0.273. The zero-order valence-corrected chi connectivity index (χ0v) is 16.3. The van der Waals surface area contributed by atoms with E-state index in [9.17, 15) is 9.59 Å². The van der Waals surface area contributed by atoms with Crippen LogP contribution in [0.25, 0.3) is 10.9 Å². The molecule has 3 aromatic rings. The number of amides is 2. The van der Waals surface area contributed by atoms with E-state index in [-0.39, 0.29) is 11.8 Å². The molecule has 0 saturated carbocycles. The van der Waals surface area contributed by atoms with E-state index >= 15 is 0 Å². The molecule has 2 N–H and O–H groups in total. The van der Waals surface area contributed by atoms with Crippen LogP contribution < -0.4 is 10.2 Å². The molecule has 0 bridgehead atoms. The van der Waals surface area contributed by atoms with E-state index in [0.29, 0.717) is 29.2 Å². The van der Waals surface area contributed by atoms with Crippen LogP contribution in [0.1, 0.15) is 34.5 Å². The van der Waals surface area contributed by atoms with E-state index < -0.39 is 5.41 Å². The molecular formula is C22H20ClN3O2. The number of anilines is 1. The lowest BCUT2D eigenvalue weighted by Crippen LogP contribution is -2.49. The molecular weight excluding hydrogens is 374 g/mol. The number of nitrogens with one attached hydrogen (secondary N) is 2. The highest BCUT2D eigenvalue weighted by molar-refractivity contribution is 6.31. The molecule has 3 heterocycles. The molecule has 0 radical (unpaired) electrons. The molecule has 5 rings (SSSR count). The van der Waals surface area contributed by atoms with Gasteiger partial charge in [0.2, 0.25) is 5.91 Å². The van der Waals surface area contributed by atoms with Crippen molar-refractivity contribution in [3.63, 3.8) is 0 Å². The van der Waals surface area contributed by atoms with Gasteiger partial charge in [0.15, 0.2) is 0 Å². The summed E-state index contributed by atoms with van der Waals surface area (Å²) >= 11 is 6.07. The van der Waals surface area contributed by atoms with Gasteiger partial charge in [0.25, 0.3) is 5.91 Å². The van der Waals surface area contributed by atoms with E-state index in [1.54, 1.807) is 12.1 Å². The van der Waals surface area contributed by atoms with Gasteiger partial charge < -0.3 is 10.3 Å². The van der Waals surface area contributed by atoms with Gasteiger partial charge in [-0.15, -0.1) is 0 Å². The number of carbonyl (C=O) groups is 2. The maximum absolute atomic E-state index is 13.6. The molecule has 6 heteroatoms. The van der Waals surface area contributed by atoms with Crippen LogP contribution >= 0.6 is 11.6 Å². The topological polar surface area (TPSA) is 65.2 Å². The Labute approximate surface area is 167 Å². The number of hydrogen-bond donors (Lipinski definition) is 2. The highest BCUT2D eigenvalue weighted by Gasteiger charge is 2.53. The lowest BCUT2D eigenvalue weighted by atomic mass is 9.72. The first-order valence-electron chi connectivity index (χ1n) is 9.49. The number of benzene rings is 2. The van der Waals surface area contributed by atoms with Crippen LogP contribution in [0, 0.1) is 6.92 Å². The number of nitrogens with zero attached hydrogens (tertiary/aromatic N) is 1. The summed E-state index contributed by atoms with van der Waals surface area (Å²) in [6.07, 6.45) is 1.41. The van der Waals surface area contributed by atoms with Gasteiger partial charge in [-0.2, -0.15) is 0 Å². The molecule has 2 aliphatic heterocycles. The predicted octanol–water partition coefficient (Wildman–Crippen LogP) is 3.94. The fourth-order valence-corrected chi connectivity index (χ4v) is 4.93. The summed E-state index contributed by atoms with van der Waals surface area (Å²) in [5.41, 5.74) is 3.38. The third-order valence-electron chi connectivity index (χ3n) is 6.06. The summed E-state index contributed by atoms with van der Waals surface area (Å²) in [7, 11) is 0. The number of piperidine rings is 1. The second kappa shape index (κ2) is 6.19. The Balaban J connectivity index is 1.64. The van der Waals surface area contributed by atoms with E-state index in [1.165, 1.54) is 4.90 Å². The van der Waals surface area contributed by atoms with Crippen molar-refractivity contribution in [1.29, 1.82) is 0 Å². The number of imide groups is 1. The fourth-order valence-electron chi connectivity index (χ4n) is 4.75. The Morgan fingerprint density at radius 3 is 2.71 bits per heavy atom. The summed E-state index contributed by atoms with van der Waals surface area (Å²) in [5.74, 6) is -0.431. The Hall–Kier alpha value is -2.63. The number of H-pyrrole nitrogens is 1. The molecule has 5 nitrogen and oxygen atoms in total. The third kappa shape index (κ3) is 2.36. The van der Waals surface area contributed by atoms with E-state index in [4.69, 9.17) is 11.6 Å². The minimum atomic E-state index is -0.614. The van der Waals surface area contributed by atoms with Crippen molar-refractivity contribution in [3.8, 4) is 0 Å². The standard InChI is InChI=1S/C22H20ClN3O2/c1-13-3-2-4-18-19(13)22(7-9-24-10-8-22)21(28)26(18)20(27)17-12-14-11-15(23)5-6-16(14)25-17/h2-6,11-12,24-25H,7-10H2,1H3. The molecule has 2 aromatic carbocycles.